The number of nitrogens with two attached hydrogens (primary N) is 1. The van der Waals surface area contributed by atoms with Crippen LogP contribution in [0.15, 0.2) is 24.3 Å². The van der Waals surface area contributed by atoms with Gasteiger partial charge < -0.3 is 21.3 Å². The zero-order valence-corrected chi connectivity index (χ0v) is 16.6. The van der Waals surface area contributed by atoms with Crippen LogP contribution in [0.3, 0.4) is 0 Å². The molecule has 7 nitrogen and oxygen atoms in total. The molecule has 8 heteroatoms. The fourth-order valence-corrected chi connectivity index (χ4v) is 2.11. The highest BCUT2D eigenvalue weighted by Gasteiger charge is 2.17. The third kappa shape index (κ3) is 7.84. The molecule has 1 aromatic carbocycles. The second-order valence-electron chi connectivity index (χ2n) is 6.49. The van der Waals surface area contributed by atoms with Gasteiger partial charge in [0.1, 0.15) is 0 Å². The molecular formula is C18H29ClN4O3. The fraction of sp³-hybridized carbons (Fsp3) is 0.500. The van der Waals surface area contributed by atoms with E-state index in [4.69, 9.17) is 5.73 Å². The fourth-order valence-electron chi connectivity index (χ4n) is 2.11. The number of halogens is 1. The van der Waals surface area contributed by atoms with Crippen molar-refractivity contribution in [1.29, 1.82) is 0 Å². The lowest BCUT2D eigenvalue weighted by Gasteiger charge is -2.15. The molecule has 1 atom stereocenters. The number of nitrogens with zero attached hydrogens (tertiary/aromatic N) is 1. The molecule has 1 aromatic rings. The van der Waals surface area contributed by atoms with Crippen molar-refractivity contribution in [3.05, 3.63) is 35.4 Å². The molecule has 0 unspecified atom stereocenters. The van der Waals surface area contributed by atoms with E-state index in [1.807, 2.05) is 32.0 Å². The van der Waals surface area contributed by atoms with Gasteiger partial charge >= 0.3 is 0 Å². The van der Waals surface area contributed by atoms with Crippen LogP contribution in [-0.4, -0.2) is 55.8 Å². The van der Waals surface area contributed by atoms with Crippen molar-refractivity contribution in [1.82, 2.24) is 15.5 Å². The third-order valence-electron chi connectivity index (χ3n) is 3.76. The van der Waals surface area contributed by atoms with Gasteiger partial charge in [-0.15, -0.1) is 12.4 Å². The molecule has 1 rings (SSSR count). The number of hydrogen-bond donors (Lipinski definition) is 3. The molecule has 26 heavy (non-hydrogen) atoms. The Morgan fingerprint density at radius 1 is 1.15 bits per heavy atom. The van der Waals surface area contributed by atoms with Gasteiger partial charge in [0.25, 0.3) is 5.91 Å². The first-order chi connectivity index (χ1) is 11.7. The van der Waals surface area contributed by atoms with Gasteiger partial charge in [0.05, 0.1) is 12.6 Å². The van der Waals surface area contributed by atoms with Crippen molar-refractivity contribution in [3.63, 3.8) is 0 Å². The minimum Gasteiger partial charge on any atom is -0.354 e. The molecule has 0 saturated carbocycles. The molecule has 0 fully saturated rings. The minimum atomic E-state index is -0.621. The van der Waals surface area contributed by atoms with Gasteiger partial charge in [-0.05, 0) is 30.0 Å². The SMILES string of the molecule is CC(C)[C@H](N)C(=O)NCC(=O)NCCc1cccc(C(=O)N(C)C)c1.Cl. The highest BCUT2D eigenvalue weighted by Crippen LogP contribution is 2.07. The Labute approximate surface area is 161 Å². The summed E-state index contributed by atoms with van der Waals surface area (Å²) < 4.78 is 0. The van der Waals surface area contributed by atoms with Crippen molar-refractivity contribution in [2.24, 2.45) is 11.7 Å². The Morgan fingerprint density at radius 3 is 2.38 bits per heavy atom. The van der Waals surface area contributed by atoms with E-state index in [0.29, 0.717) is 18.5 Å². The topological polar surface area (TPSA) is 105 Å². The van der Waals surface area contributed by atoms with E-state index in [0.717, 1.165) is 5.56 Å². The Morgan fingerprint density at radius 2 is 1.81 bits per heavy atom. The number of benzene rings is 1. The average Bonchev–Trinajstić information content (AvgIpc) is 2.58. The average molecular weight is 385 g/mol. The summed E-state index contributed by atoms with van der Waals surface area (Å²) in [4.78, 5) is 36.9. The molecule has 0 saturated heterocycles. The van der Waals surface area contributed by atoms with Crippen LogP contribution in [0.25, 0.3) is 0 Å². The summed E-state index contributed by atoms with van der Waals surface area (Å²) >= 11 is 0. The third-order valence-corrected chi connectivity index (χ3v) is 3.76. The van der Waals surface area contributed by atoms with Gasteiger partial charge in [-0.3, -0.25) is 14.4 Å². The lowest BCUT2D eigenvalue weighted by molar-refractivity contribution is -0.127. The van der Waals surface area contributed by atoms with Gasteiger partial charge in [-0.1, -0.05) is 26.0 Å². The molecule has 0 aliphatic carbocycles. The summed E-state index contributed by atoms with van der Waals surface area (Å²) in [5.41, 5.74) is 7.28. The van der Waals surface area contributed by atoms with Gasteiger partial charge in [0.2, 0.25) is 11.8 Å². The van der Waals surface area contributed by atoms with E-state index in [1.54, 1.807) is 20.2 Å². The lowest BCUT2D eigenvalue weighted by atomic mass is 10.1. The summed E-state index contributed by atoms with van der Waals surface area (Å²) in [6, 6.07) is 6.68. The van der Waals surface area contributed by atoms with Crippen molar-refractivity contribution in [3.8, 4) is 0 Å². The summed E-state index contributed by atoms with van der Waals surface area (Å²) in [7, 11) is 3.41. The minimum absolute atomic E-state index is 0. The molecule has 3 amide bonds. The number of nitrogens with one attached hydrogen (secondary N) is 2. The zero-order chi connectivity index (χ0) is 19.0. The molecule has 0 radical (unpaired) electrons. The van der Waals surface area contributed by atoms with Gasteiger partial charge in [0.15, 0.2) is 0 Å². The predicted molar refractivity (Wildman–Crippen MR) is 104 cm³/mol. The summed E-state index contributed by atoms with van der Waals surface area (Å²) in [5, 5.41) is 5.26. The van der Waals surface area contributed by atoms with E-state index in [2.05, 4.69) is 10.6 Å². The Kier molecular flexibility index (Phi) is 10.6. The number of rotatable bonds is 8. The quantitative estimate of drug-likeness (QED) is 0.609. The first-order valence-corrected chi connectivity index (χ1v) is 8.33. The standard InChI is InChI=1S/C18H28N4O3.ClH/c1-12(2)16(19)17(24)21-11-15(23)20-9-8-13-6-5-7-14(10-13)18(25)22(3)4;/h5-7,10,12,16H,8-9,11,19H2,1-4H3,(H,20,23)(H,21,24);1H/t16-;/m0./s1. The maximum Gasteiger partial charge on any atom is 0.253 e. The monoisotopic (exact) mass is 384 g/mol. The Balaban J connectivity index is 0.00000625. The smallest absolute Gasteiger partial charge is 0.253 e. The van der Waals surface area contributed by atoms with Crippen LogP contribution < -0.4 is 16.4 Å². The second kappa shape index (κ2) is 11.5. The van der Waals surface area contributed by atoms with Gasteiger partial charge in [0, 0.05) is 26.2 Å². The van der Waals surface area contributed by atoms with Crippen LogP contribution in [0, 0.1) is 5.92 Å². The molecule has 0 aliphatic rings. The van der Waals surface area contributed by atoms with Gasteiger partial charge in [-0.25, -0.2) is 0 Å². The van der Waals surface area contributed by atoms with Crippen molar-refractivity contribution in [2.75, 3.05) is 27.2 Å². The molecule has 146 valence electrons. The highest BCUT2D eigenvalue weighted by atomic mass is 35.5. The van der Waals surface area contributed by atoms with Crippen LogP contribution in [0.1, 0.15) is 29.8 Å². The summed E-state index contributed by atoms with van der Waals surface area (Å²) in [5.74, 6) is -0.653. The highest BCUT2D eigenvalue weighted by molar-refractivity contribution is 5.94. The number of carbonyl (C=O) groups is 3. The number of carbonyl (C=O) groups excluding carboxylic acids is 3. The maximum atomic E-state index is 11.9. The van der Waals surface area contributed by atoms with Crippen LogP contribution in [-0.2, 0) is 16.0 Å². The van der Waals surface area contributed by atoms with Crippen LogP contribution in [0.4, 0.5) is 0 Å². The van der Waals surface area contributed by atoms with Crippen molar-refractivity contribution < 1.29 is 14.4 Å². The molecule has 4 N–H and O–H groups in total. The zero-order valence-electron chi connectivity index (χ0n) is 15.7. The molecular weight excluding hydrogens is 356 g/mol. The lowest BCUT2D eigenvalue weighted by Crippen LogP contribution is -2.47. The molecule has 0 heterocycles. The number of hydrogen-bond acceptors (Lipinski definition) is 4. The van der Waals surface area contributed by atoms with E-state index in [9.17, 15) is 14.4 Å². The van der Waals surface area contributed by atoms with Crippen molar-refractivity contribution >= 4 is 30.1 Å². The second-order valence-corrected chi connectivity index (χ2v) is 6.49. The first-order valence-electron chi connectivity index (χ1n) is 8.33. The summed E-state index contributed by atoms with van der Waals surface area (Å²) in [6.45, 7) is 4.02. The molecule has 0 bridgehead atoms. The van der Waals surface area contributed by atoms with E-state index < -0.39 is 6.04 Å². The largest absolute Gasteiger partial charge is 0.354 e. The normalized spacial score (nSPS) is 11.3. The van der Waals surface area contributed by atoms with E-state index in [1.165, 1.54) is 4.90 Å². The Hall–Kier alpha value is -2.12. The number of amides is 3. The molecule has 0 aromatic heterocycles. The van der Waals surface area contributed by atoms with E-state index in [-0.39, 0.29) is 42.6 Å². The summed E-state index contributed by atoms with van der Waals surface area (Å²) in [6.07, 6.45) is 0.597. The Bertz CT molecular complexity index is 620. The maximum absolute atomic E-state index is 11.9. The molecule has 0 aliphatic heterocycles. The van der Waals surface area contributed by atoms with Crippen molar-refractivity contribution in [2.45, 2.75) is 26.3 Å². The van der Waals surface area contributed by atoms with Crippen LogP contribution >= 0.6 is 12.4 Å². The first kappa shape index (κ1) is 23.9. The predicted octanol–water partition coefficient (Wildman–Crippen LogP) is 0.568. The van der Waals surface area contributed by atoms with E-state index >= 15 is 0 Å². The molecule has 0 spiro atoms. The van der Waals surface area contributed by atoms with Crippen LogP contribution in [0.5, 0.6) is 0 Å². The van der Waals surface area contributed by atoms with Crippen LogP contribution in [0.2, 0.25) is 0 Å². The van der Waals surface area contributed by atoms with Gasteiger partial charge in [-0.2, -0.15) is 0 Å².